The highest BCUT2D eigenvalue weighted by atomic mass is 35.5. The van der Waals surface area contributed by atoms with Gasteiger partial charge in [0.25, 0.3) is 0 Å². The van der Waals surface area contributed by atoms with Crippen molar-refractivity contribution in [1.29, 1.82) is 0 Å². The Bertz CT molecular complexity index is 670. The molecule has 0 aliphatic rings. The second-order valence-electron chi connectivity index (χ2n) is 4.18. The molecule has 0 spiro atoms. The summed E-state index contributed by atoms with van der Waals surface area (Å²) >= 11 is 6.06. The maximum absolute atomic E-state index is 6.06. The normalized spacial score (nSPS) is 11.2. The Labute approximate surface area is 110 Å². The molecule has 0 aliphatic carbocycles. The fourth-order valence-corrected chi connectivity index (χ4v) is 2.43. The van der Waals surface area contributed by atoms with Gasteiger partial charge in [-0.15, -0.1) is 0 Å². The molecule has 1 aromatic carbocycles. The Kier molecular flexibility index (Phi) is 2.86. The van der Waals surface area contributed by atoms with Gasteiger partial charge in [0, 0.05) is 15.9 Å². The van der Waals surface area contributed by atoms with E-state index in [1.54, 1.807) is 6.26 Å². The summed E-state index contributed by atoms with van der Waals surface area (Å²) in [6.07, 6.45) is 2.45. The zero-order chi connectivity index (χ0) is 12.5. The molecule has 18 heavy (non-hydrogen) atoms. The van der Waals surface area contributed by atoms with E-state index < -0.39 is 0 Å². The first kappa shape index (κ1) is 11.4. The number of H-pyrrole nitrogens is 1. The van der Waals surface area contributed by atoms with E-state index in [9.17, 15) is 0 Å². The lowest BCUT2D eigenvalue weighted by Gasteiger charge is -2.00. The lowest BCUT2D eigenvalue weighted by molar-refractivity contribution is 0.580. The number of fused-ring (bicyclic) bond motifs is 1. The minimum Gasteiger partial charge on any atom is -0.463 e. The lowest BCUT2D eigenvalue weighted by atomic mass is 10.1. The highest BCUT2D eigenvalue weighted by molar-refractivity contribution is 6.31. The number of nitrogens with two attached hydrogens (primary N) is 1. The van der Waals surface area contributed by atoms with Crippen molar-refractivity contribution in [3.63, 3.8) is 0 Å². The van der Waals surface area contributed by atoms with Gasteiger partial charge in [0.1, 0.15) is 5.76 Å². The fourth-order valence-electron chi connectivity index (χ4n) is 2.26. The number of hydrogen-bond donors (Lipinski definition) is 2. The van der Waals surface area contributed by atoms with E-state index in [1.807, 2.05) is 30.3 Å². The average molecular weight is 261 g/mol. The summed E-state index contributed by atoms with van der Waals surface area (Å²) < 4.78 is 5.46. The molecule has 0 unspecified atom stereocenters. The molecule has 3 nitrogen and oxygen atoms in total. The smallest absolute Gasteiger partial charge is 0.150 e. The van der Waals surface area contributed by atoms with Crippen LogP contribution in [-0.4, -0.2) is 11.5 Å². The third kappa shape index (κ3) is 1.82. The molecule has 4 heteroatoms. The summed E-state index contributed by atoms with van der Waals surface area (Å²) in [6, 6.07) is 9.62. The van der Waals surface area contributed by atoms with E-state index in [0.717, 1.165) is 39.4 Å². The number of furan rings is 1. The minimum absolute atomic E-state index is 0.590. The fraction of sp³-hybridized carbons (Fsp3) is 0.143. The van der Waals surface area contributed by atoms with Crippen LogP contribution < -0.4 is 5.73 Å². The second-order valence-corrected chi connectivity index (χ2v) is 4.62. The van der Waals surface area contributed by atoms with Crippen molar-refractivity contribution in [2.45, 2.75) is 6.42 Å². The monoisotopic (exact) mass is 260 g/mol. The van der Waals surface area contributed by atoms with E-state index in [2.05, 4.69) is 4.98 Å². The largest absolute Gasteiger partial charge is 0.463 e. The molecule has 0 aliphatic heterocycles. The van der Waals surface area contributed by atoms with Crippen LogP contribution in [0.25, 0.3) is 22.4 Å². The third-order valence-corrected chi connectivity index (χ3v) is 3.27. The number of hydrogen-bond acceptors (Lipinski definition) is 2. The molecule has 0 saturated heterocycles. The van der Waals surface area contributed by atoms with Crippen LogP contribution in [-0.2, 0) is 6.42 Å². The van der Waals surface area contributed by atoms with Crippen molar-refractivity contribution in [2.75, 3.05) is 6.54 Å². The van der Waals surface area contributed by atoms with Crippen LogP contribution in [0.5, 0.6) is 0 Å². The minimum atomic E-state index is 0.590. The molecule has 0 saturated carbocycles. The van der Waals surface area contributed by atoms with Crippen LogP contribution in [0.15, 0.2) is 41.0 Å². The maximum atomic E-state index is 6.06. The van der Waals surface area contributed by atoms with Gasteiger partial charge in [-0.1, -0.05) is 11.6 Å². The summed E-state index contributed by atoms with van der Waals surface area (Å²) in [5.74, 6) is 0.825. The van der Waals surface area contributed by atoms with Crippen molar-refractivity contribution < 1.29 is 4.42 Å². The van der Waals surface area contributed by atoms with Gasteiger partial charge >= 0.3 is 0 Å². The van der Waals surface area contributed by atoms with E-state index in [-0.39, 0.29) is 0 Å². The van der Waals surface area contributed by atoms with Crippen LogP contribution in [0.1, 0.15) is 5.56 Å². The molecule has 92 valence electrons. The van der Waals surface area contributed by atoms with Crippen LogP contribution >= 0.6 is 11.6 Å². The van der Waals surface area contributed by atoms with Crippen molar-refractivity contribution in [3.05, 3.63) is 47.2 Å². The van der Waals surface area contributed by atoms with Gasteiger partial charge in [-0.25, -0.2) is 0 Å². The van der Waals surface area contributed by atoms with E-state index in [0.29, 0.717) is 6.54 Å². The Balaban J connectivity index is 2.27. The topological polar surface area (TPSA) is 54.9 Å². The number of aromatic nitrogens is 1. The first-order valence-electron chi connectivity index (χ1n) is 5.83. The molecule has 2 heterocycles. The van der Waals surface area contributed by atoms with Gasteiger partial charge in [0.2, 0.25) is 0 Å². The number of benzene rings is 1. The first-order valence-corrected chi connectivity index (χ1v) is 6.21. The van der Waals surface area contributed by atoms with Gasteiger partial charge in [-0.3, -0.25) is 0 Å². The molecular weight excluding hydrogens is 248 g/mol. The zero-order valence-corrected chi connectivity index (χ0v) is 10.5. The van der Waals surface area contributed by atoms with E-state index in [4.69, 9.17) is 21.8 Å². The predicted molar refractivity (Wildman–Crippen MR) is 73.8 cm³/mol. The third-order valence-electron chi connectivity index (χ3n) is 3.03. The zero-order valence-electron chi connectivity index (χ0n) is 9.74. The SMILES string of the molecule is NCCc1c(-c2ccco2)[nH]c2ccc(Cl)cc12. The molecule has 0 bridgehead atoms. The molecule has 3 aromatic rings. The quantitative estimate of drug-likeness (QED) is 0.756. The van der Waals surface area contributed by atoms with Gasteiger partial charge in [0.15, 0.2) is 0 Å². The molecular formula is C14H13ClN2O. The number of halogens is 1. The van der Waals surface area contributed by atoms with Crippen molar-refractivity contribution in [2.24, 2.45) is 5.73 Å². The van der Waals surface area contributed by atoms with Crippen molar-refractivity contribution >= 4 is 22.5 Å². The average Bonchev–Trinajstić information content (AvgIpc) is 2.98. The Hall–Kier alpha value is -1.71. The second kappa shape index (κ2) is 4.52. The molecule has 0 radical (unpaired) electrons. The highest BCUT2D eigenvalue weighted by Gasteiger charge is 2.14. The molecule has 0 atom stereocenters. The van der Waals surface area contributed by atoms with Crippen LogP contribution in [0.4, 0.5) is 0 Å². The van der Waals surface area contributed by atoms with Crippen LogP contribution in [0.3, 0.4) is 0 Å². The maximum Gasteiger partial charge on any atom is 0.150 e. The summed E-state index contributed by atoms with van der Waals surface area (Å²) in [6.45, 7) is 0.590. The molecule has 2 aromatic heterocycles. The van der Waals surface area contributed by atoms with Gasteiger partial charge in [-0.05, 0) is 48.9 Å². The summed E-state index contributed by atoms with van der Waals surface area (Å²) in [7, 11) is 0. The van der Waals surface area contributed by atoms with E-state index >= 15 is 0 Å². The summed E-state index contributed by atoms with van der Waals surface area (Å²) in [5, 5.41) is 1.84. The standard InChI is InChI=1S/C14H13ClN2O/c15-9-3-4-12-11(8-9)10(5-6-16)14(17-12)13-2-1-7-18-13/h1-4,7-8,17H,5-6,16H2. The summed E-state index contributed by atoms with van der Waals surface area (Å²) in [5.41, 5.74) is 8.89. The van der Waals surface area contributed by atoms with Crippen LogP contribution in [0, 0.1) is 0 Å². The Morgan fingerprint density at radius 2 is 2.17 bits per heavy atom. The van der Waals surface area contributed by atoms with Crippen LogP contribution in [0.2, 0.25) is 5.02 Å². The summed E-state index contributed by atoms with van der Waals surface area (Å²) in [4.78, 5) is 3.37. The molecule has 0 amide bonds. The van der Waals surface area contributed by atoms with Crippen molar-refractivity contribution in [3.8, 4) is 11.5 Å². The Morgan fingerprint density at radius 3 is 2.89 bits per heavy atom. The molecule has 3 N–H and O–H groups in total. The highest BCUT2D eigenvalue weighted by Crippen LogP contribution is 2.32. The predicted octanol–water partition coefficient (Wildman–Crippen LogP) is 3.58. The number of rotatable bonds is 3. The first-order chi connectivity index (χ1) is 8.79. The van der Waals surface area contributed by atoms with Gasteiger partial charge < -0.3 is 15.1 Å². The number of aromatic amines is 1. The van der Waals surface area contributed by atoms with Gasteiger partial charge in [-0.2, -0.15) is 0 Å². The Morgan fingerprint density at radius 1 is 1.28 bits per heavy atom. The van der Waals surface area contributed by atoms with Crippen molar-refractivity contribution in [1.82, 2.24) is 4.98 Å². The molecule has 0 fully saturated rings. The molecule has 3 rings (SSSR count). The van der Waals surface area contributed by atoms with E-state index in [1.165, 1.54) is 0 Å². The lowest BCUT2D eigenvalue weighted by Crippen LogP contribution is -2.03. The number of nitrogens with one attached hydrogen (secondary N) is 1. The van der Waals surface area contributed by atoms with Gasteiger partial charge in [0.05, 0.1) is 12.0 Å².